The van der Waals surface area contributed by atoms with Crippen molar-refractivity contribution in [3.8, 4) is 0 Å². The number of carboxylic acid groups (broad SMARTS) is 1. The number of aromatic nitrogens is 2. The number of hydrogen-bond acceptors (Lipinski definition) is 5. The van der Waals surface area contributed by atoms with Gasteiger partial charge in [-0.2, -0.15) is 0 Å². The van der Waals surface area contributed by atoms with Gasteiger partial charge in [0.2, 0.25) is 11.9 Å². The Morgan fingerprint density at radius 1 is 0.905 bits per heavy atom. The van der Waals surface area contributed by atoms with Crippen LogP contribution in [0.2, 0.25) is 0 Å². The minimum Gasteiger partial charge on any atom is -0.479 e. The first-order chi connectivity index (χ1) is 20.5. The average molecular weight is 566 g/mol. The first kappa shape index (κ1) is 28.0. The van der Waals surface area contributed by atoms with E-state index in [1.807, 2.05) is 12.1 Å². The van der Waals surface area contributed by atoms with Crippen LogP contribution in [-0.2, 0) is 16.1 Å². The Labute approximate surface area is 247 Å². The van der Waals surface area contributed by atoms with Crippen molar-refractivity contribution in [1.29, 1.82) is 0 Å². The van der Waals surface area contributed by atoms with Gasteiger partial charge in [-0.3, -0.25) is 4.79 Å². The van der Waals surface area contributed by atoms with E-state index in [0.717, 1.165) is 74.4 Å². The zero-order chi connectivity index (χ0) is 29.1. The van der Waals surface area contributed by atoms with E-state index in [0.29, 0.717) is 12.1 Å². The number of carboxylic acids is 1. The van der Waals surface area contributed by atoms with Crippen molar-refractivity contribution in [3.63, 3.8) is 0 Å². The van der Waals surface area contributed by atoms with Crippen molar-refractivity contribution in [1.82, 2.24) is 19.8 Å². The number of nitrogens with zero attached hydrogens (tertiary/aromatic N) is 4. The summed E-state index contributed by atoms with van der Waals surface area (Å²) in [6.07, 6.45) is 3.71. The molecule has 218 valence electrons. The van der Waals surface area contributed by atoms with E-state index in [2.05, 4.69) is 69.2 Å². The Bertz CT molecular complexity index is 1530. The molecule has 1 aliphatic heterocycles. The van der Waals surface area contributed by atoms with Crippen LogP contribution in [0.1, 0.15) is 54.3 Å². The van der Waals surface area contributed by atoms with E-state index in [1.165, 1.54) is 5.56 Å². The van der Waals surface area contributed by atoms with Crippen LogP contribution >= 0.6 is 0 Å². The van der Waals surface area contributed by atoms with Gasteiger partial charge in [0.1, 0.15) is 0 Å². The van der Waals surface area contributed by atoms with Crippen LogP contribution in [0.5, 0.6) is 0 Å². The van der Waals surface area contributed by atoms with Gasteiger partial charge in [-0.15, -0.1) is 0 Å². The maximum absolute atomic E-state index is 13.5. The topological polar surface area (TPSA) is 90.7 Å². The normalized spacial score (nSPS) is 20.4. The number of likely N-dealkylation sites (N-methyl/N-ethyl adjacent to an activating group) is 1. The molecule has 2 aliphatic rings. The fourth-order valence-corrected chi connectivity index (χ4v) is 6.55. The van der Waals surface area contributed by atoms with Crippen molar-refractivity contribution in [2.75, 3.05) is 38.1 Å². The fourth-order valence-electron chi connectivity index (χ4n) is 6.55. The molecule has 8 nitrogen and oxygen atoms in total. The lowest BCUT2D eigenvalue weighted by molar-refractivity contribution is -0.143. The predicted molar refractivity (Wildman–Crippen MR) is 165 cm³/mol. The lowest BCUT2D eigenvalue weighted by Crippen LogP contribution is -2.45. The number of imidazole rings is 1. The SMILES string of the molecule is CN1CCN(c2nc3ccccc3n2Cc2ccc([C@@H]3CCCC[C@H]3C(=O)N[C@H](C(=O)O)c3ccccc3)cc2)CC1. The van der Waals surface area contributed by atoms with Crippen LogP contribution < -0.4 is 10.2 Å². The minimum absolute atomic E-state index is 0.0630. The summed E-state index contributed by atoms with van der Waals surface area (Å²) < 4.78 is 2.32. The second-order valence-corrected chi connectivity index (χ2v) is 11.7. The molecule has 1 saturated carbocycles. The highest BCUT2D eigenvalue weighted by atomic mass is 16.4. The molecular weight excluding hydrogens is 526 g/mol. The number of aliphatic carboxylic acids is 1. The molecule has 1 aromatic heterocycles. The number of carbonyl (C=O) groups excluding carboxylic acids is 1. The first-order valence-corrected chi connectivity index (χ1v) is 15.0. The fraction of sp³-hybridized carbons (Fsp3) is 0.382. The number of benzene rings is 3. The highest BCUT2D eigenvalue weighted by Gasteiger charge is 2.34. The summed E-state index contributed by atoms with van der Waals surface area (Å²) in [5.41, 5.74) is 5.04. The van der Waals surface area contributed by atoms with Crippen LogP contribution in [0.3, 0.4) is 0 Å². The van der Waals surface area contributed by atoms with Crippen molar-refractivity contribution < 1.29 is 14.7 Å². The van der Waals surface area contributed by atoms with E-state index in [-0.39, 0.29) is 17.7 Å². The molecule has 1 aliphatic carbocycles. The largest absolute Gasteiger partial charge is 0.479 e. The van der Waals surface area contributed by atoms with Gasteiger partial charge in [-0.1, -0.05) is 79.6 Å². The molecule has 42 heavy (non-hydrogen) atoms. The third-order valence-electron chi connectivity index (χ3n) is 8.94. The molecule has 3 aromatic carbocycles. The summed E-state index contributed by atoms with van der Waals surface area (Å²) in [5.74, 6) is -0.399. The lowest BCUT2D eigenvalue weighted by Gasteiger charge is -2.33. The van der Waals surface area contributed by atoms with E-state index in [4.69, 9.17) is 4.98 Å². The predicted octanol–water partition coefficient (Wildman–Crippen LogP) is 5.05. The van der Waals surface area contributed by atoms with Crippen molar-refractivity contribution in [3.05, 3.63) is 95.6 Å². The molecule has 0 unspecified atom stereocenters. The summed E-state index contributed by atoms with van der Waals surface area (Å²) in [6.45, 7) is 4.67. The molecule has 4 aromatic rings. The number of nitrogens with one attached hydrogen (secondary N) is 1. The van der Waals surface area contributed by atoms with Crippen LogP contribution in [-0.4, -0.2) is 64.7 Å². The Morgan fingerprint density at radius 3 is 2.33 bits per heavy atom. The van der Waals surface area contributed by atoms with Gasteiger partial charge >= 0.3 is 5.97 Å². The van der Waals surface area contributed by atoms with Crippen LogP contribution in [0.4, 0.5) is 5.95 Å². The molecule has 2 N–H and O–H groups in total. The van der Waals surface area contributed by atoms with E-state index in [1.54, 1.807) is 24.3 Å². The molecule has 3 atom stereocenters. The van der Waals surface area contributed by atoms with Crippen LogP contribution in [0, 0.1) is 5.92 Å². The summed E-state index contributed by atoms with van der Waals surface area (Å²) >= 11 is 0. The van der Waals surface area contributed by atoms with Gasteiger partial charge in [-0.25, -0.2) is 9.78 Å². The summed E-state index contributed by atoms with van der Waals surface area (Å²) in [4.78, 5) is 35.3. The number of carbonyl (C=O) groups is 2. The molecule has 0 bridgehead atoms. The van der Waals surface area contributed by atoms with Crippen LogP contribution in [0.15, 0.2) is 78.9 Å². The Hall–Kier alpha value is -4.17. The zero-order valence-corrected chi connectivity index (χ0v) is 24.2. The van der Waals surface area contributed by atoms with Crippen LogP contribution in [0.25, 0.3) is 11.0 Å². The Morgan fingerprint density at radius 2 is 1.60 bits per heavy atom. The molecule has 0 spiro atoms. The monoisotopic (exact) mass is 565 g/mol. The van der Waals surface area contributed by atoms with Gasteiger partial charge < -0.3 is 24.8 Å². The van der Waals surface area contributed by atoms with E-state index >= 15 is 0 Å². The summed E-state index contributed by atoms with van der Waals surface area (Å²) in [6, 6.07) is 24.9. The Kier molecular flexibility index (Phi) is 8.24. The molecule has 0 radical (unpaired) electrons. The van der Waals surface area contributed by atoms with Crippen molar-refractivity contribution in [2.45, 2.75) is 44.2 Å². The average Bonchev–Trinajstić information content (AvgIpc) is 3.39. The zero-order valence-electron chi connectivity index (χ0n) is 24.2. The third kappa shape index (κ3) is 5.90. The summed E-state index contributed by atoms with van der Waals surface area (Å²) in [5, 5.41) is 12.7. The smallest absolute Gasteiger partial charge is 0.330 e. The molecular formula is C34H39N5O3. The Balaban J connectivity index is 1.21. The molecule has 2 heterocycles. The number of fused-ring (bicyclic) bond motifs is 1. The van der Waals surface area contributed by atoms with Crippen molar-refractivity contribution in [2.24, 2.45) is 5.92 Å². The second kappa shape index (κ2) is 12.4. The molecule has 1 saturated heterocycles. The number of rotatable bonds is 8. The van der Waals surface area contributed by atoms with E-state index in [9.17, 15) is 14.7 Å². The maximum atomic E-state index is 13.5. The number of amides is 1. The van der Waals surface area contributed by atoms with Gasteiger partial charge in [0.05, 0.1) is 17.6 Å². The van der Waals surface area contributed by atoms with E-state index < -0.39 is 12.0 Å². The number of hydrogen-bond donors (Lipinski definition) is 2. The maximum Gasteiger partial charge on any atom is 0.330 e. The molecule has 6 rings (SSSR count). The highest BCUT2D eigenvalue weighted by Crippen LogP contribution is 2.38. The first-order valence-electron chi connectivity index (χ1n) is 15.0. The van der Waals surface area contributed by atoms with Gasteiger partial charge in [-0.05, 0) is 54.6 Å². The quantitative estimate of drug-likeness (QED) is 0.311. The van der Waals surface area contributed by atoms with Gasteiger partial charge in [0.15, 0.2) is 6.04 Å². The van der Waals surface area contributed by atoms with Gasteiger partial charge in [0.25, 0.3) is 0 Å². The lowest BCUT2D eigenvalue weighted by atomic mass is 9.74. The standard InChI is InChI=1S/C34H39N5O3/c1-37-19-21-38(22-20-37)34-35-29-13-7-8-14-30(29)39(34)23-24-15-17-25(18-16-24)27-11-5-6-12-28(27)32(40)36-31(33(41)42)26-9-3-2-4-10-26/h2-4,7-10,13-18,27-28,31H,5-6,11-12,19-23H2,1H3,(H,36,40)(H,41,42)/t27-,28+,31-/m0/s1. The number of para-hydroxylation sites is 2. The van der Waals surface area contributed by atoms with Crippen molar-refractivity contribution >= 4 is 28.9 Å². The highest BCUT2D eigenvalue weighted by molar-refractivity contribution is 5.86. The number of piperazine rings is 1. The van der Waals surface area contributed by atoms with Gasteiger partial charge in [0, 0.05) is 32.1 Å². The second-order valence-electron chi connectivity index (χ2n) is 11.7. The summed E-state index contributed by atoms with van der Waals surface area (Å²) in [7, 11) is 2.16. The molecule has 8 heteroatoms. The third-order valence-corrected chi connectivity index (χ3v) is 8.94. The minimum atomic E-state index is -1.05. The molecule has 1 amide bonds. The number of anilines is 1. The molecule has 2 fully saturated rings.